The van der Waals surface area contributed by atoms with Crippen molar-refractivity contribution < 1.29 is 4.39 Å². The molecule has 0 unspecified atom stereocenters. The first-order chi connectivity index (χ1) is 10.3. The molecule has 0 atom stereocenters. The van der Waals surface area contributed by atoms with Crippen LogP contribution in [0.1, 0.15) is 5.56 Å². The molecule has 0 amide bonds. The molecular formula is C19H16FP. The molecule has 0 aliphatic carbocycles. The standard InChI is InChI=1S/C19H16FP/c1-15-12-13-18(20)19(14-15)21(16-8-4-2-5-9-16)17-10-6-3-7-11-17/h2-14H,1H3. The zero-order valence-electron chi connectivity index (χ0n) is 11.8. The Morgan fingerprint density at radius 1 is 0.714 bits per heavy atom. The van der Waals surface area contributed by atoms with Crippen LogP contribution in [0.5, 0.6) is 0 Å². The Morgan fingerprint density at radius 2 is 1.24 bits per heavy atom. The number of hydrogen-bond donors (Lipinski definition) is 0. The number of aryl methyl sites for hydroxylation is 1. The lowest BCUT2D eigenvalue weighted by molar-refractivity contribution is 0.636. The molecule has 21 heavy (non-hydrogen) atoms. The van der Waals surface area contributed by atoms with Gasteiger partial charge in [-0.2, -0.15) is 0 Å². The predicted molar refractivity (Wildman–Crippen MR) is 89.8 cm³/mol. The molecular weight excluding hydrogens is 278 g/mol. The molecule has 0 heterocycles. The molecule has 0 N–H and O–H groups in total. The van der Waals surface area contributed by atoms with Crippen molar-refractivity contribution >= 4 is 23.8 Å². The summed E-state index contributed by atoms with van der Waals surface area (Å²) in [5.74, 6) is -0.126. The molecule has 0 fully saturated rings. The lowest BCUT2D eigenvalue weighted by Crippen LogP contribution is -2.23. The Morgan fingerprint density at radius 3 is 1.76 bits per heavy atom. The average molecular weight is 294 g/mol. The van der Waals surface area contributed by atoms with Crippen molar-refractivity contribution in [2.45, 2.75) is 6.92 Å². The fourth-order valence-corrected chi connectivity index (χ4v) is 4.79. The zero-order valence-corrected chi connectivity index (χ0v) is 12.7. The molecule has 104 valence electrons. The summed E-state index contributed by atoms with van der Waals surface area (Å²) < 4.78 is 14.4. The van der Waals surface area contributed by atoms with Gasteiger partial charge < -0.3 is 0 Å². The highest BCUT2D eigenvalue weighted by atomic mass is 31.1. The van der Waals surface area contributed by atoms with E-state index in [0.29, 0.717) is 0 Å². The molecule has 0 nitrogen and oxygen atoms in total. The van der Waals surface area contributed by atoms with Gasteiger partial charge in [-0.15, -0.1) is 0 Å². The highest BCUT2D eigenvalue weighted by Crippen LogP contribution is 2.33. The normalized spacial score (nSPS) is 10.8. The smallest absolute Gasteiger partial charge is 0.131 e. The van der Waals surface area contributed by atoms with Crippen LogP contribution in [-0.2, 0) is 0 Å². The lowest BCUT2D eigenvalue weighted by atomic mass is 10.2. The van der Waals surface area contributed by atoms with Crippen LogP contribution in [0.25, 0.3) is 0 Å². The van der Waals surface area contributed by atoms with Gasteiger partial charge in [-0.05, 0) is 37.6 Å². The van der Waals surface area contributed by atoms with Crippen molar-refractivity contribution in [3.05, 3.63) is 90.2 Å². The lowest BCUT2D eigenvalue weighted by Gasteiger charge is -2.20. The van der Waals surface area contributed by atoms with Crippen LogP contribution in [0.3, 0.4) is 0 Å². The van der Waals surface area contributed by atoms with Crippen LogP contribution >= 0.6 is 7.92 Å². The number of rotatable bonds is 3. The van der Waals surface area contributed by atoms with Gasteiger partial charge in [-0.3, -0.25) is 0 Å². The maximum atomic E-state index is 14.4. The van der Waals surface area contributed by atoms with Crippen LogP contribution in [0, 0.1) is 12.7 Å². The molecule has 0 spiro atoms. The molecule has 0 aliphatic heterocycles. The summed E-state index contributed by atoms with van der Waals surface area (Å²) in [5.41, 5.74) is 1.09. The average Bonchev–Trinajstić information content (AvgIpc) is 2.53. The molecule has 2 heteroatoms. The molecule has 0 aliphatic rings. The third-order valence-electron chi connectivity index (χ3n) is 3.37. The van der Waals surface area contributed by atoms with Crippen LogP contribution in [0.4, 0.5) is 4.39 Å². The molecule has 0 bridgehead atoms. The Bertz CT molecular complexity index is 684. The number of halogens is 1. The van der Waals surface area contributed by atoms with E-state index in [1.165, 1.54) is 10.6 Å². The van der Waals surface area contributed by atoms with Crippen molar-refractivity contribution in [1.29, 1.82) is 0 Å². The summed E-state index contributed by atoms with van der Waals surface area (Å²) >= 11 is 0. The van der Waals surface area contributed by atoms with Crippen molar-refractivity contribution in [3.63, 3.8) is 0 Å². The van der Waals surface area contributed by atoms with Crippen LogP contribution < -0.4 is 15.9 Å². The topological polar surface area (TPSA) is 0 Å². The predicted octanol–water partition coefficient (Wildman–Crippen LogP) is 3.89. The quantitative estimate of drug-likeness (QED) is 0.643. The monoisotopic (exact) mass is 294 g/mol. The first kappa shape index (κ1) is 14.0. The van der Waals surface area contributed by atoms with Gasteiger partial charge in [0.15, 0.2) is 0 Å². The van der Waals surface area contributed by atoms with Crippen molar-refractivity contribution in [2.75, 3.05) is 0 Å². The molecule has 0 saturated carbocycles. The van der Waals surface area contributed by atoms with E-state index in [1.807, 2.05) is 55.5 Å². The van der Waals surface area contributed by atoms with E-state index in [4.69, 9.17) is 0 Å². The largest absolute Gasteiger partial charge is 0.206 e. The SMILES string of the molecule is Cc1ccc(F)c(P(c2ccccc2)c2ccccc2)c1. The summed E-state index contributed by atoms with van der Waals surface area (Å²) in [4.78, 5) is 0. The van der Waals surface area contributed by atoms with Crippen molar-refractivity contribution in [2.24, 2.45) is 0 Å². The van der Waals surface area contributed by atoms with E-state index in [9.17, 15) is 4.39 Å². The van der Waals surface area contributed by atoms with Gasteiger partial charge in [0.2, 0.25) is 0 Å². The van der Waals surface area contributed by atoms with Gasteiger partial charge in [0.25, 0.3) is 0 Å². The third kappa shape index (κ3) is 3.04. The minimum Gasteiger partial charge on any atom is -0.206 e. The minimum atomic E-state index is -0.858. The van der Waals surface area contributed by atoms with Crippen molar-refractivity contribution in [3.8, 4) is 0 Å². The van der Waals surface area contributed by atoms with E-state index in [-0.39, 0.29) is 5.82 Å². The maximum absolute atomic E-state index is 14.4. The number of benzene rings is 3. The van der Waals surface area contributed by atoms with E-state index in [1.54, 1.807) is 6.07 Å². The summed E-state index contributed by atoms with van der Waals surface area (Å²) in [6.07, 6.45) is 0. The Labute approximate surface area is 126 Å². The summed E-state index contributed by atoms with van der Waals surface area (Å²) in [7, 11) is -0.858. The van der Waals surface area contributed by atoms with Crippen LogP contribution in [0.2, 0.25) is 0 Å². The third-order valence-corrected chi connectivity index (χ3v) is 5.82. The van der Waals surface area contributed by atoms with Crippen molar-refractivity contribution in [1.82, 2.24) is 0 Å². The first-order valence-electron chi connectivity index (χ1n) is 6.92. The molecule has 0 radical (unpaired) electrons. The highest BCUT2D eigenvalue weighted by Gasteiger charge is 2.19. The summed E-state index contributed by atoms with van der Waals surface area (Å²) in [6.45, 7) is 2.01. The van der Waals surface area contributed by atoms with Gasteiger partial charge in [0.1, 0.15) is 5.82 Å². The summed E-state index contributed by atoms with van der Waals surface area (Å²) in [5, 5.41) is 3.13. The second-order valence-electron chi connectivity index (χ2n) is 4.96. The molecule has 0 saturated heterocycles. The maximum Gasteiger partial charge on any atom is 0.131 e. The summed E-state index contributed by atoms with van der Waals surface area (Å²) in [6, 6.07) is 25.8. The van der Waals surface area contributed by atoms with E-state index >= 15 is 0 Å². The zero-order chi connectivity index (χ0) is 14.7. The molecule has 3 rings (SSSR count). The van der Waals surface area contributed by atoms with Crippen LogP contribution in [0.15, 0.2) is 78.9 Å². The van der Waals surface area contributed by atoms with Gasteiger partial charge in [-0.1, -0.05) is 72.3 Å². The first-order valence-corrected chi connectivity index (χ1v) is 8.26. The Hall–Kier alpha value is -1.98. The van der Waals surface area contributed by atoms with E-state index < -0.39 is 7.92 Å². The second-order valence-corrected chi connectivity index (χ2v) is 7.15. The van der Waals surface area contributed by atoms with Gasteiger partial charge in [-0.25, -0.2) is 4.39 Å². The Kier molecular flexibility index (Phi) is 4.13. The number of hydrogen-bond acceptors (Lipinski definition) is 0. The van der Waals surface area contributed by atoms with E-state index in [0.717, 1.165) is 10.9 Å². The van der Waals surface area contributed by atoms with Gasteiger partial charge >= 0.3 is 0 Å². The Balaban J connectivity index is 2.20. The minimum absolute atomic E-state index is 0.126. The fraction of sp³-hybridized carbons (Fsp3) is 0.0526. The molecule has 3 aromatic rings. The molecule has 3 aromatic carbocycles. The molecule has 0 aromatic heterocycles. The van der Waals surface area contributed by atoms with Crippen LogP contribution in [-0.4, -0.2) is 0 Å². The second kappa shape index (κ2) is 6.20. The fourth-order valence-electron chi connectivity index (χ4n) is 2.38. The van der Waals surface area contributed by atoms with E-state index in [2.05, 4.69) is 24.3 Å². The van der Waals surface area contributed by atoms with Gasteiger partial charge in [0, 0.05) is 5.30 Å². The van der Waals surface area contributed by atoms with Gasteiger partial charge in [0.05, 0.1) is 0 Å². The highest BCUT2D eigenvalue weighted by molar-refractivity contribution is 7.79.